The number of methoxy groups -OCH3 is 1. The molecule has 126 valence electrons. The van der Waals surface area contributed by atoms with Crippen LogP contribution in [0.5, 0.6) is 11.5 Å². The van der Waals surface area contributed by atoms with Gasteiger partial charge in [-0.1, -0.05) is 18.7 Å². The predicted octanol–water partition coefficient (Wildman–Crippen LogP) is 4.38. The monoisotopic (exact) mass is 343 g/mol. The van der Waals surface area contributed by atoms with Crippen LogP contribution in [0, 0.1) is 0 Å². The third-order valence-electron chi connectivity index (χ3n) is 3.21. The highest BCUT2D eigenvalue weighted by atomic mass is 32.2. The van der Waals surface area contributed by atoms with Crippen molar-refractivity contribution >= 4 is 23.4 Å². The number of hydrogen-bond donors (Lipinski definition) is 1. The number of hydrogen-bond acceptors (Lipinski definition) is 4. The zero-order chi connectivity index (χ0) is 17.4. The summed E-state index contributed by atoms with van der Waals surface area (Å²) >= 11 is 1.50. The van der Waals surface area contributed by atoms with Gasteiger partial charge in [0, 0.05) is 16.6 Å². The number of benzene rings is 2. The van der Waals surface area contributed by atoms with Crippen molar-refractivity contribution in [3.05, 3.63) is 61.2 Å². The molecule has 0 saturated heterocycles. The number of anilines is 1. The van der Waals surface area contributed by atoms with Crippen LogP contribution in [0.1, 0.15) is 6.92 Å². The first-order valence-corrected chi connectivity index (χ1v) is 8.45. The summed E-state index contributed by atoms with van der Waals surface area (Å²) in [5.41, 5.74) is 0.712. The quantitative estimate of drug-likeness (QED) is 0.571. The minimum atomic E-state index is -0.226. The average molecular weight is 343 g/mol. The molecule has 0 saturated carbocycles. The summed E-state index contributed by atoms with van der Waals surface area (Å²) in [6.45, 7) is 5.92. The minimum Gasteiger partial charge on any atom is -0.497 e. The van der Waals surface area contributed by atoms with E-state index in [9.17, 15) is 4.79 Å². The van der Waals surface area contributed by atoms with Crippen molar-refractivity contribution in [1.82, 2.24) is 0 Å². The smallest absolute Gasteiger partial charge is 0.237 e. The molecule has 1 N–H and O–H groups in total. The van der Waals surface area contributed by atoms with Crippen LogP contribution in [0.15, 0.2) is 66.1 Å². The second-order valence-corrected chi connectivity index (χ2v) is 6.47. The second kappa shape index (κ2) is 9.03. The van der Waals surface area contributed by atoms with Crippen LogP contribution in [0.4, 0.5) is 5.69 Å². The fraction of sp³-hybridized carbons (Fsp3) is 0.211. The van der Waals surface area contributed by atoms with Gasteiger partial charge in [-0.25, -0.2) is 0 Å². The summed E-state index contributed by atoms with van der Waals surface area (Å²) < 4.78 is 10.6. The number of carbonyl (C=O) groups is 1. The van der Waals surface area contributed by atoms with Crippen molar-refractivity contribution in [1.29, 1.82) is 0 Å². The molecule has 0 fully saturated rings. The van der Waals surface area contributed by atoms with Gasteiger partial charge in [0.05, 0.1) is 12.4 Å². The third kappa shape index (κ3) is 5.35. The Kier molecular flexibility index (Phi) is 6.75. The molecule has 2 aromatic rings. The lowest BCUT2D eigenvalue weighted by Gasteiger charge is -2.13. The van der Waals surface area contributed by atoms with E-state index in [-0.39, 0.29) is 11.2 Å². The van der Waals surface area contributed by atoms with Crippen LogP contribution in [0.25, 0.3) is 0 Å². The van der Waals surface area contributed by atoms with E-state index >= 15 is 0 Å². The normalized spacial score (nSPS) is 11.4. The van der Waals surface area contributed by atoms with Crippen molar-refractivity contribution in [3.8, 4) is 11.5 Å². The van der Waals surface area contributed by atoms with Crippen LogP contribution in [0.2, 0.25) is 0 Å². The third-order valence-corrected chi connectivity index (χ3v) is 4.32. The summed E-state index contributed by atoms with van der Waals surface area (Å²) in [6.07, 6.45) is 1.68. The van der Waals surface area contributed by atoms with Crippen molar-refractivity contribution in [3.63, 3.8) is 0 Å². The molecule has 5 heteroatoms. The Labute approximate surface area is 146 Å². The summed E-state index contributed by atoms with van der Waals surface area (Å²) in [7, 11) is 1.63. The molecule has 0 spiro atoms. The van der Waals surface area contributed by atoms with E-state index < -0.39 is 0 Å². The van der Waals surface area contributed by atoms with Gasteiger partial charge in [-0.2, -0.15) is 0 Å². The van der Waals surface area contributed by atoms with E-state index in [1.807, 2.05) is 49.4 Å². The van der Waals surface area contributed by atoms with Crippen LogP contribution in [0.3, 0.4) is 0 Å². The lowest BCUT2D eigenvalue weighted by atomic mass is 10.3. The topological polar surface area (TPSA) is 47.6 Å². The molecular formula is C19H21NO3S. The van der Waals surface area contributed by atoms with Crippen LogP contribution < -0.4 is 14.8 Å². The highest BCUT2D eigenvalue weighted by molar-refractivity contribution is 8.00. The zero-order valence-electron chi connectivity index (χ0n) is 13.8. The number of amides is 1. The molecule has 0 aliphatic carbocycles. The van der Waals surface area contributed by atoms with E-state index in [4.69, 9.17) is 9.47 Å². The highest BCUT2D eigenvalue weighted by Gasteiger charge is 2.15. The molecule has 0 aromatic heterocycles. The molecule has 2 rings (SSSR count). The molecule has 4 nitrogen and oxygen atoms in total. The average Bonchev–Trinajstić information content (AvgIpc) is 2.61. The Morgan fingerprint density at radius 2 is 2.00 bits per heavy atom. The SMILES string of the molecule is C=CCOc1cccc(NC(=O)C(C)Sc2ccc(OC)cc2)c1. The van der Waals surface area contributed by atoms with Gasteiger partial charge in [-0.3, -0.25) is 4.79 Å². The Morgan fingerprint density at radius 3 is 2.67 bits per heavy atom. The lowest BCUT2D eigenvalue weighted by Crippen LogP contribution is -2.22. The van der Waals surface area contributed by atoms with Gasteiger partial charge in [0.15, 0.2) is 0 Å². The number of nitrogens with one attached hydrogen (secondary N) is 1. The van der Waals surface area contributed by atoms with Gasteiger partial charge < -0.3 is 14.8 Å². The number of rotatable bonds is 8. The van der Waals surface area contributed by atoms with Crippen molar-refractivity contribution in [2.45, 2.75) is 17.1 Å². The minimum absolute atomic E-state index is 0.0586. The number of thioether (sulfide) groups is 1. The molecule has 2 aromatic carbocycles. The molecule has 0 radical (unpaired) electrons. The van der Waals surface area contributed by atoms with Crippen molar-refractivity contribution in [2.24, 2.45) is 0 Å². The molecule has 0 aliphatic heterocycles. The molecule has 1 unspecified atom stereocenters. The first-order chi connectivity index (χ1) is 11.6. The summed E-state index contributed by atoms with van der Waals surface area (Å²) in [4.78, 5) is 13.4. The summed E-state index contributed by atoms with van der Waals surface area (Å²) in [6, 6.07) is 15.0. The van der Waals surface area contributed by atoms with Crippen LogP contribution >= 0.6 is 11.8 Å². The van der Waals surface area contributed by atoms with Crippen LogP contribution in [-0.4, -0.2) is 24.9 Å². The van der Waals surface area contributed by atoms with Gasteiger partial charge in [0.2, 0.25) is 5.91 Å². The fourth-order valence-electron chi connectivity index (χ4n) is 1.97. The molecular weight excluding hydrogens is 322 g/mol. The number of ether oxygens (including phenoxy) is 2. The zero-order valence-corrected chi connectivity index (χ0v) is 14.6. The highest BCUT2D eigenvalue weighted by Crippen LogP contribution is 2.26. The molecule has 0 heterocycles. The molecule has 1 amide bonds. The van der Waals surface area contributed by atoms with Gasteiger partial charge in [0.25, 0.3) is 0 Å². The molecule has 24 heavy (non-hydrogen) atoms. The number of carbonyl (C=O) groups excluding carboxylic acids is 1. The predicted molar refractivity (Wildman–Crippen MR) is 99.1 cm³/mol. The van der Waals surface area contributed by atoms with Gasteiger partial charge in [-0.05, 0) is 43.3 Å². The molecule has 1 atom stereocenters. The molecule has 0 aliphatic rings. The Bertz CT molecular complexity index is 685. The van der Waals surface area contributed by atoms with Crippen molar-refractivity contribution in [2.75, 3.05) is 19.0 Å². The van der Waals surface area contributed by atoms with Crippen LogP contribution in [-0.2, 0) is 4.79 Å². The fourth-order valence-corrected chi connectivity index (χ4v) is 2.84. The second-order valence-electron chi connectivity index (χ2n) is 5.05. The van der Waals surface area contributed by atoms with Crippen molar-refractivity contribution < 1.29 is 14.3 Å². The standard InChI is InChI=1S/C19H21NO3S/c1-4-12-23-17-7-5-6-15(13-17)20-19(21)14(2)24-18-10-8-16(22-3)9-11-18/h4-11,13-14H,1,12H2,2-3H3,(H,20,21). The Balaban J connectivity index is 1.94. The maximum absolute atomic E-state index is 12.4. The first kappa shape index (κ1) is 17.9. The largest absolute Gasteiger partial charge is 0.497 e. The Hall–Kier alpha value is -2.40. The molecule has 0 bridgehead atoms. The van der Waals surface area contributed by atoms with E-state index in [1.54, 1.807) is 19.3 Å². The Morgan fingerprint density at radius 1 is 1.25 bits per heavy atom. The lowest BCUT2D eigenvalue weighted by molar-refractivity contribution is -0.115. The van der Waals surface area contributed by atoms with Gasteiger partial charge >= 0.3 is 0 Å². The van der Waals surface area contributed by atoms with E-state index in [1.165, 1.54) is 11.8 Å². The van der Waals surface area contributed by atoms with Gasteiger partial charge in [-0.15, -0.1) is 11.8 Å². The summed E-state index contributed by atoms with van der Waals surface area (Å²) in [5, 5.41) is 2.69. The van der Waals surface area contributed by atoms with Gasteiger partial charge in [0.1, 0.15) is 18.1 Å². The van der Waals surface area contributed by atoms with E-state index in [0.717, 1.165) is 10.6 Å². The van der Waals surface area contributed by atoms with E-state index in [2.05, 4.69) is 11.9 Å². The first-order valence-electron chi connectivity index (χ1n) is 7.57. The van der Waals surface area contributed by atoms with E-state index in [0.29, 0.717) is 18.0 Å². The maximum Gasteiger partial charge on any atom is 0.237 e. The summed E-state index contributed by atoms with van der Waals surface area (Å²) in [5.74, 6) is 1.44. The maximum atomic E-state index is 12.4.